The molecule has 0 aromatic heterocycles. The third-order valence-corrected chi connectivity index (χ3v) is 3.89. The van der Waals surface area contributed by atoms with Gasteiger partial charge in [-0.15, -0.1) is 0 Å². The van der Waals surface area contributed by atoms with Gasteiger partial charge in [-0.2, -0.15) is 0 Å². The molecule has 0 aliphatic carbocycles. The Morgan fingerprint density at radius 2 is 2.06 bits per heavy atom. The van der Waals surface area contributed by atoms with Crippen LogP contribution in [0.25, 0.3) is 0 Å². The van der Waals surface area contributed by atoms with Crippen molar-refractivity contribution in [3.8, 4) is 0 Å². The molecule has 2 aliphatic heterocycles. The molecule has 0 aromatic rings. The van der Waals surface area contributed by atoms with Crippen LogP contribution in [0, 0.1) is 0 Å². The fourth-order valence-electron chi connectivity index (χ4n) is 2.90. The SMILES string of the molecule is CC1CN2CCCC2CN1C(=O)COC(C)(C)C. The van der Waals surface area contributed by atoms with Crippen LogP contribution in [0.2, 0.25) is 0 Å². The van der Waals surface area contributed by atoms with Gasteiger partial charge in [-0.1, -0.05) is 0 Å². The van der Waals surface area contributed by atoms with Crippen molar-refractivity contribution >= 4 is 5.91 Å². The van der Waals surface area contributed by atoms with E-state index in [4.69, 9.17) is 4.74 Å². The van der Waals surface area contributed by atoms with Crippen LogP contribution in [0.4, 0.5) is 0 Å². The molecule has 0 spiro atoms. The first kappa shape index (κ1) is 13.8. The fraction of sp³-hybridized carbons (Fsp3) is 0.929. The number of amides is 1. The summed E-state index contributed by atoms with van der Waals surface area (Å²) in [7, 11) is 0. The van der Waals surface area contributed by atoms with Gasteiger partial charge in [0, 0.05) is 25.2 Å². The fourth-order valence-corrected chi connectivity index (χ4v) is 2.90. The first-order valence-corrected chi connectivity index (χ1v) is 7.04. The number of ether oxygens (including phenoxy) is 1. The topological polar surface area (TPSA) is 32.8 Å². The number of fused-ring (bicyclic) bond motifs is 1. The molecule has 0 bridgehead atoms. The molecule has 2 fully saturated rings. The molecule has 104 valence electrons. The quantitative estimate of drug-likeness (QED) is 0.748. The van der Waals surface area contributed by atoms with E-state index in [1.54, 1.807) is 0 Å². The molecule has 1 amide bonds. The molecular weight excluding hydrogens is 228 g/mol. The summed E-state index contributed by atoms with van der Waals surface area (Å²) in [5.41, 5.74) is -0.242. The largest absolute Gasteiger partial charge is 0.366 e. The molecule has 2 aliphatic rings. The van der Waals surface area contributed by atoms with Gasteiger partial charge in [-0.05, 0) is 47.1 Å². The maximum atomic E-state index is 12.2. The lowest BCUT2D eigenvalue weighted by Gasteiger charge is -2.42. The molecule has 4 nitrogen and oxygen atoms in total. The van der Waals surface area contributed by atoms with Crippen LogP contribution < -0.4 is 0 Å². The van der Waals surface area contributed by atoms with Crippen molar-refractivity contribution in [1.82, 2.24) is 9.80 Å². The smallest absolute Gasteiger partial charge is 0.248 e. The second-order valence-corrected chi connectivity index (χ2v) is 6.59. The van der Waals surface area contributed by atoms with Gasteiger partial charge in [-0.3, -0.25) is 9.69 Å². The van der Waals surface area contributed by atoms with E-state index < -0.39 is 0 Å². The minimum atomic E-state index is -0.242. The average Bonchev–Trinajstić information content (AvgIpc) is 2.70. The lowest BCUT2D eigenvalue weighted by Crippen LogP contribution is -2.57. The Kier molecular flexibility index (Phi) is 3.97. The van der Waals surface area contributed by atoms with E-state index in [1.807, 2.05) is 25.7 Å². The zero-order chi connectivity index (χ0) is 13.3. The molecule has 4 heteroatoms. The minimum Gasteiger partial charge on any atom is -0.366 e. The van der Waals surface area contributed by atoms with Crippen molar-refractivity contribution in [2.24, 2.45) is 0 Å². The summed E-state index contributed by atoms with van der Waals surface area (Å²) in [5, 5.41) is 0. The summed E-state index contributed by atoms with van der Waals surface area (Å²) >= 11 is 0. The summed E-state index contributed by atoms with van der Waals surface area (Å²) in [5.74, 6) is 0.143. The van der Waals surface area contributed by atoms with Crippen LogP contribution in [0.1, 0.15) is 40.5 Å². The molecule has 18 heavy (non-hydrogen) atoms. The number of piperazine rings is 1. The first-order chi connectivity index (χ1) is 8.37. The predicted octanol–water partition coefficient (Wildman–Crippen LogP) is 1.50. The summed E-state index contributed by atoms with van der Waals surface area (Å²) in [6.45, 7) is 11.4. The number of hydrogen-bond donors (Lipinski definition) is 0. The maximum absolute atomic E-state index is 12.2. The Labute approximate surface area is 110 Å². The molecule has 2 saturated heterocycles. The Balaban J connectivity index is 1.89. The van der Waals surface area contributed by atoms with E-state index in [1.165, 1.54) is 19.4 Å². The maximum Gasteiger partial charge on any atom is 0.248 e. The van der Waals surface area contributed by atoms with Gasteiger partial charge in [0.2, 0.25) is 5.91 Å². The zero-order valence-electron chi connectivity index (χ0n) is 12.1. The molecule has 0 aromatic carbocycles. The van der Waals surface area contributed by atoms with Crippen LogP contribution in [-0.4, -0.2) is 59.6 Å². The van der Waals surface area contributed by atoms with Gasteiger partial charge in [0.25, 0.3) is 0 Å². The third-order valence-electron chi connectivity index (χ3n) is 3.89. The minimum absolute atomic E-state index is 0.143. The van der Waals surface area contributed by atoms with Crippen molar-refractivity contribution in [2.45, 2.75) is 58.2 Å². The van der Waals surface area contributed by atoms with Gasteiger partial charge in [0.05, 0.1) is 5.60 Å². The molecule has 0 radical (unpaired) electrons. The van der Waals surface area contributed by atoms with Gasteiger partial charge < -0.3 is 9.64 Å². The van der Waals surface area contributed by atoms with Gasteiger partial charge in [-0.25, -0.2) is 0 Å². The number of carbonyl (C=O) groups is 1. The molecule has 0 saturated carbocycles. The van der Waals surface area contributed by atoms with Crippen LogP contribution in [0.3, 0.4) is 0 Å². The second-order valence-electron chi connectivity index (χ2n) is 6.59. The molecule has 2 atom stereocenters. The molecular formula is C14H26N2O2. The standard InChI is InChI=1S/C14H26N2O2/c1-11-8-15-7-5-6-12(15)9-16(11)13(17)10-18-14(2,3)4/h11-12H,5-10H2,1-4H3. The predicted molar refractivity (Wildman–Crippen MR) is 71.5 cm³/mol. The highest BCUT2D eigenvalue weighted by Gasteiger charge is 2.36. The van der Waals surface area contributed by atoms with E-state index in [0.717, 1.165) is 13.1 Å². The normalized spacial score (nSPS) is 29.4. The number of rotatable bonds is 2. The molecule has 2 unspecified atom stereocenters. The van der Waals surface area contributed by atoms with E-state index >= 15 is 0 Å². The number of nitrogens with zero attached hydrogens (tertiary/aromatic N) is 2. The monoisotopic (exact) mass is 254 g/mol. The van der Waals surface area contributed by atoms with Crippen molar-refractivity contribution in [2.75, 3.05) is 26.2 Å². The Bertz CT molecular complexity index is 311. The van der Waals surface area contributed by atoms with E-state index in [2.05, 4.69) is 11.8 Å². The van der Waals surface area contributed by atoms with Crippen LogP contribution in [0.15, 0.2) is 0 Å². The average molecular weight is 254 g/mol. The first-order valence-electron chi connectivity index (χ1n) is 7.04. The zero-order valence-corrected chi connectivity index (χ0v) is 12.1. The van der Waals surface area contributed by atoms with E-state index in [-0.39, 0.29) is 18.1 Å². The van der Waals surface area contributed by atoms with Crippen LogP contribution in [-0.2, 0) is 9.53 Å². The molecule has 0 N–H and O–H groups in total. The van der Waals surface area contributed by atoms with Gasteiger partial charge >= 0.3 is 0 Å². The summed E-state index contributed by atoms with van der Waals surface area (Å²) in [6, 6.07) is 0.898. The van der Waals surface area contributed by atoms with Crippen molar-refractivity contribution in [3.05, 3.63) is 0 Å². The Morgan fingerprint density at radius 1 is 1.33 bits per heavy atom. The molecule has 2 heterocycles. The van der Waals surface area contributed by atoms with E-state index in [9.17, 15) is 4.79 Å². The van der Waals surface area contributed by atoms with Gasteiger partial charge in [0.15, 0.2) is 0 Å². The van der Waals surface area contributed by atoms with Crippen molar-refractivity contribution in [3.63, 3.8) is 0 Å². The third kappa shape index (κ3) is 3.23. The molecule has 2 rings (SSSR count). The van der Waals surface area contributed by atoms with Gasteiger partial charge in [0.1, 0.15) is 6.61 Å². The lowest BCUT2D eigenvalue weighted by atomic mass is 10.1. The summed E-state index contributed by atoms with van der Waals surface area (Å²) in [4.78, 5) is 16.8. The van der Waals surface area contributed by atoms with E-state index in [0.29, 0.717) is 12.1 Å². The lowest BCUT2D eigenvalue weighted by molar-refractivity contribution is -0.146. The number of hydrogen-bond acceptors (Lipinski definition) is 3. The Hall–Kier alpha value is -0.610. The summed E-state index contributed by atoms with van der Waals surface area (Å²) < 4.78 is 5.60. The highest BCUT2D eigenvalue weighted by atomic mass is 16.5. The van der Waals surface area contributed by atoms with Crippen molar-refractivity contribution in [1.29, 1.82) is 0 Å². The summed E-state index contributed by atoms with van der Waals surface area (Å²) in [6.07, 6.45) is 2.51. The van der Waals surface area contributed by atoms with Crippen LogP contribution in [0.5, 0.6) is 0 Å². The second kappa shape index (κ2) is 5.17. The highest BCUT2D eigenvalue weighted by molar-refractivity contribution is 5.78. The van der Waals surface area contributed by atoms with Crippen LogP contribution >= 0.6 is 0 Å². The Morgan fingerprint density at radius 3 is 2.72 bits per heavy atom. The highest BCUT2D eigenvalue weighted by Crippen LogP contribution is 2.24. The van der Waals surface area contributed by atoms with Crippen molar-refractivity contribution < 1.29 is 9.53 Å². The number of carbonyl (C=O) groups excluding carboxylic acids is 1.